The number of hydrogen-bond donors (Lipinski definition) is 1. The van der Waals surface area contributed by atoms with E-state index in [2.05, 4.69) is 12.2 Å². The molecule has 0 aliphatic rings. The zero-order chi connectivity index (χ0) is 13.5. The molecule has 18 heavy (non-hydrogen) atoms. The van der Waals surface area contributed by atoms with Crippen LogP contribution in [0, 0.1) is 17.6 Å². The van der Waals surface area contributed by atoms with Gasteiger partial charge in [0.05, 0.1) is 0 Å². The molecule has 2 nitrogen and oxygen atoms in total. The molecule has 2 unspecified atom stereocenters. The number of ether oxygens (including phenoxy) is 1. The van der Waals surface area contributed by atoms with Gasteiger partial charge in [-0.1, -0.05) is 13.0 Å². The van der Waals surface area contributed by atoms with Gasteiger partial charge < -0.3 is 10.1 Å². The van der Waals surface area contributed by atoms with Gasteiger partial charge in [-0.25, -0.2) is 8.78 Å². The van der Waals surface area contributed by atoms with Crippen LogP contribution in [0.15, 0.2) is 18.2 Å². The maximum absolute atomic E-state index is 13.6. The van der Waals surface area contributed by atoms with E-state index in [1.165, 1.54) is 18.2 Å². The highest BCUT2D eigenvalue weighted by molar-refractivity contribution is 5.20. The minimum absolute atomic E-state index is 0.0338. The summed E-state index contributed by atoms with van der Waals surface area (Å²) in [5, 5.41) is 3.12. The van der Waals surface area contributed by atoms with Crippen molar-refractivity contribution in [3.05, 3.63) is 35.4 Å². The first-order valence-electron chi connectivity index (χ1n) is 6.19. The fourth-order valence-electron chi connectivity index (χ4n) is 2.04. The van der Waals surface area contributed by atoms with Gasteiger partial charge in [0.25, 0.3) is 0 Å². The Labute approximate surface area is 107 Å². The normalized spacial score (nSPS) is 14.5. The molecule has 102 valence electrons. The molecule has 0 radical (unpaired) electrons. The third-order valence-corrected chi connectivity index (χ3v) is 3.32. The van der Waals surface area contributed by atoms with Crippen molar-refractivity contribution >= 4 is 0 Å². The minimum atomic E-state index is -0.478. The Morgan fingerprint density at radius 3 is 2.39 bits per heavy atom. The van der Waals surface area contributed by atoms with Crippen molar-refractivity contribution in [2.45, 2.75) is 25.8 Å². The van der Waals surface area contributed by atoms with Gasteiger partial charge in [-0.05, 0) is 37.9 Å². The van der Waals surface area contributed by atoms with Gasteiger partial charge in [0, 0.05) is 25.3 Å². The van der Waals surface area contributed by atoms with E-state index >= 15 is 0 Å². The summed E-state index contributed by atoms with van der Waals surface area (Å²) in [5.41, 5.74) is 0.154. The highest BCUT2D eigenvalue weighted by Gasteiger charge is 2.19. The number of nitrogens with one attached hydrogen (secondary N) is 1. The van der Waals surface area contributed by atoms with Gasteiger partial charge in [-0.2, -0.15) is 0 Å². The molecular formula is C14H21F2NO. The number of hydrogen-bond acceptors (Lipinski definition) is 2. The lowest BCUT2D eigenvalue weighted by Crippen LogP contribution is -2.35. The second kappa shape index (κ2) is 7.44. The molecule has 0 heterocycles. The Kier molecular flexibility index (Phi) is 6.22. The lowest BCUT2D eigenvalue weighted by atomic mass is 9.92. The molecule has 0 aliphatic heterocycles. The van der Waals surface area contributed by atoms with Crippen molar-refractivity contribution in [1.82, 2.24) is 5.32 Å². The number of likely N-dealkylation sites (N-methyl/N-ethyl adjacent to an activating group) is 1. The van der Waals surface area contributed by atoms with Gasteiger partial charge in [0.2, 0.25) is 0 Å². The van der Waals surface area contributed by atoms with E-state index in [0.29, 0.717) is 13.0 Å². The zero-order valence-corrected chi connectivity index (χ0v) is 11.2. The van der Waals surface area contributed by atoms with E-state index in [-0.39, 0.29) is 17.5 Å². The summed E-state index contributed by atoms with van der Waals surface area (Å²) in [5.74, 6) is -0.669. The smallest absolute Gasteiger partial charge is 0.129 e. The molecule has 0 fully saturated rings. The van der Waals surface area contributed by atoms with Gasteiger partial charge in [0.15, 0.2) is 0 Å². The quantitative estimate of drug-likeness (QED) is 0.811. The van der Waals surface area contributed by atoms with Crippen molar-refractivity contribution < 1.29 is 13.5 Å². The topological polar surface area (TPSA) is 21.3 Å². The molecule has 4 heteroatoms. The summed E-state index contributed by atoms with van der Waals surface area (Å²) in [6.07, 6.45) is 1.21. The Balaban J connectivity index is 2.73. The number of halogens is 2. The van der Waals surface area contributed by atoms with E-state index in [9.17, 15) is 8.78 Å². The van der Waals surface area contributed by atoms with Crippen LogP contribution in [0.2, 0.25) is 0 Å². The first-order chi connectivity index (χ1) is 8.60. The molecule has 1 aromatic carbocycles. The van der Waals surface area contributed by atoms with Crippen LogP contribution in [0.3, 0.4) is 0 Å². The molecule has 0 amide bonds. The molecule has 0 bridgehead atoms. The lowest BCUT2D eigenvalue weighted by Gasteiger charge is -2.24. The second-order valence-electron chi connectivity index (χ2n) is 4.56. The molecular weight excluding hydrogens is 236 g/mol. The van der Waals surface area contributed by atoms with Crippen LogP contribution < -0.4 is 5.32 Å². The molecule has 1 aromatic rings. The maximum Gasteiger partial charge on any atom is 0.129 e. The summed E-state index contributed by atoms with van der Waals surface area (Å²) >= 11 is 0. The van der Waals surface area contributed by atoms with Gasteiger partial charge in [-0.15, -0.1) is 0 Å². The van der Waals surface area contributed by atoms with E-state index < -0.39 is 11.6 Å². The summed E-state index contributed by atoms with van der Waals surface area (Å²) in [4.78, 5) is 0. The summed E-state index contributed by atoms with van der Waals surface area (Å²) < 4.78 is 32.2. The Hall–Kier alpha value is -1.00. The number of benzene rings is 1. The van der Waals surface area contributed by atoms with E-state index in [1.54, 1.807) is 7.11 Å². The van der Waals surface area contributed by atoms with Gasteiger partial charge >= 0.3 is 0 Å². The average Bonchev–Trinajstić information content (AvgIpc) is 2.35. The molecule has 2 atom stereocenters. The third kappa shape index (κ3) is 4.03. The van der Waals surface area contributed by atoms with Crippen molar-refractivity contribution in [2.75, 3.05) is 20.8 Å². The Morgan fingerprint density at radius 2 is 1.89 bits per heavy atom. The zero-order valence-electron chi connectivity index (χ0n) is 11.2. The maximum atomic E-state index is 13.6. The molecule has 1 N–H and O–H groups in total. The summed E-state index contributed by atoms with van der Waals surface area (Å²) in [6.45, 7) is 2.71. The van der Waals surface area contributed by atoms with Crippen LogP contribution in [-0.2, 0) is 11.2 Å². The van der Waals surface area contributed by atoms with E-state index in [0.717, 1.165) is 6.42 Å². The molecule has 0 aromatic heterocycles. The molecule has 1 rings (SSSR count). The summed E-state index contributed by atoms with van der Waals surface area (Å²) in [6, 6.07) is 4.01. The lowest BCUT2D eigenvalue weighted by molar-refractivity contribution is 0.170. The average molecular weight is 257 g/mol. The number of rotatable bonds is 7. The van der Waals surface area contributed by atoms with E-state index in [1.807, 2.05) is 7.05 Å². The van der Waals surface area contributed by atoms with Crippen LogP contribution in [-0.4, -0.2) is 26.8 Å². The SMILES string of the molecule is CNC(Cc1c(F)cccc1F)C(C)CCOC. The second-order valence-corrected chi connectivity index (χ2v) is 4.56. The predicted octanol–water partition coefficient (Wildman–Crippen LogP) is 2.77. The number of methoxy groups -OCH3 is 1. The van der Waals surface area contributed by atoms with Crippen LogP contribution in [0.25, 0.3) is 0 Å². The van der Waals surface area contributed by atoms with Crippen LogP contribution in [0.5, 0.6) is 0 Å². The predicted molar refractivity (Wildman–Crippen MR) is 68.6 cm³/mol. The minimum Gasteiger partial charge on any atom is -0.385 e. The molecule has 0 aliphatic carbocycles. The largest absolute Gasteiger partial charge is 0.385 e. The first-order valence-corrected chi connectivity index (χ1v) is 6.19. The van der Waals surface area contributed by atoms with Crippen molar-refractivity contribution in [1.29, 1.82) is 0 Å². The highest BCUT2D eigenvalue weighted by atomic mass is 19.1. The van der Waals surface area contributed by atoms with Crippen molar-refractivity contribution in [3.8, 4) is 0 Å². The van der Waals surface area contributed by atoms with Gasteiger partial charge in [-0.3, -0.25) is 0 Å². The standard InChI is InChI=1S/C14H21F2NO/c1-10(7-8-18-3)14(17-2)9-11-12(15)5-4-6-13(11)16/h4-6,10,14,17H,7-9H2,1-3H3. The Morgan fingerprint density at radius 1 is 1.28 bits per heavy atom. The molecule has 0 saturated heterocycles. The van der Waals surface area contributed by atoms with Crippen molar-refractivity contribution in [3.63, 3.8) is 0 Å². The Bertz CT molecular complexity index is 351. The van der Waals surface area contributed by atoms with E-state index in [4.69, 9.17) is 4.74 Å². The van der Waals surface area contributed by atoms with Gasteiger partial charge in [0.1, 0.15) is 11.6 Å². The van der Waals surface area contributed by atoms with Crippen molar-refractivity contribution in [2.24, 2.45) is 5.92 Å². The highest BCUT2D eigenvalue weighted by Crippen LogP contribution is 2.18. The third-order valence-electron chi connectivity index (χ3n) is 3.32. The van der Waals surface area contributed by atoms with Crippen LogP contribution in [0.4, 0.5) is 8.78 Å². The molecule has 0 saturated carbocycles. The van der Waals surface area contributed by atoms with Crippen LogP contribution in [0.1, 0.15) is 18.9 Å². The molecule has 0 spiro atoms. The fourth-order valence-corrected chi connectivity index (χ4v) is 2.04. The monoisotopic (exact) mass is 257 g/mol. The first kappa shape index (κ1) is 15.1. The van der Waals surface area contributed by atoms with Crippen LogP contribution >= 0.6 is 0 Å². The fraction of sp³-hybridized carbons (Fsp3) is 0.571. The summed E-state index contributed by atoms with van der Waals surface area (Å²) in [7, 11) is 3.46.